The summed E-state index contributed by atoms with van der Waals surface area (Å²) < 4.78 is 29.0. The third-order valence-electron chi connectivity index (χ3n) is 17.2. The van der Waals surface area contributed by atoms with Crippen molar-refractivity contribution in [2.45, 2.75) is 101 Å². The summed E-state index contributed by atoms with van der Waals surface area (Å²) in [4.78, 5) is 33.9. The lowest BCUT2D eigenvalue weighted by Gasteiger charge is -2.43. The van der Waals surface area contributed by atoms with Crippen LogP contribution in [0.5, 0.6) is 28.7 Å². The SMILES string of the molecule is COc1cc(C(=O)NCC(O)CN2CCC(Oc3ccc(Cl)c(Cl)c3)CC2)ccc1N.C[C@](Cc1ccccc1)(C(=O)O)N1CCC(CN2CCC(Oc3ccc(Cl)c(Cl)c3)CC2)CC1.N.N#Cc1cccc(OCCCN2CCC(Oc3ccc(Cl)c(Cl)c3)CC2)c1.[HH].[HH]. The molecule has 0 spiro atoms. The summed E-state index contributed by atoms with van der Waals surface area (Å²) in [6.07, 6.45) is 9.03. The van der Waals surface area contributed by atoms with E-state index in [1.54, 1.807) is 66.7 Å². The second kappa shape index (κ2) is 37.4. The van der Waals surface area contributed by atoms with Crippen LogP contribution in [0.3, 0.4) is 0 Å². The van der Waals surface area contributed by atoms with Crippen LogP contribution in [0, 0.1) is 17.2 Å². The van der Waals surface area contributed by atoms with E-state index in [2.05, 4.69) is 31.0 Å². The minimum absolute atomic E-state index is 0. The average molecular weight is 1400 g/mol. The number of nitrogens with one attached hydrogen (secondary N) is 1. The highest BCUT2D eigenvalue weighted by molar-refractivity contribution is 6.43. The van der Waals surface area contributed by atoms with Gasteiger partial charge in [0.2, 0.25) is 0 Å². The van der Waals surface area contributed by atoms with E-state index < -0.39 is 17.6 Å². The molecule has 4 aliphatic rings. The lowest BCUT2D eigenvalue weighted by molar-refractivity contribution is -0.151. The second-order valence-electron chi connectivity index (χ2n) is 24.0. The number of nitriles is 1. The first-order valence-electron chi connectivity index (χ1n) is 31.4. The number of methoxy groups -OCH3 is 1. The molecule has 10 rings (SSSR count). The topological polar surface area (TPSA) is 231 Å². The van der Waals surface area contributed by atoms with Crippen LogP contribution in [0.15, 0.2) is 127 Å². The smallest absolute Gasteiger partial charge is 0.324 e. The summed E-state index contributed by atoms with van der Waals surface area (Å²) in [7, 11) is 1.50. The number of β-amino-alcohol motifs (C(OH)–C–C–N with tert-alkyl or cyclic N) is 1. The molecule has 0 saturated carbocycles. The largest absolute Gasteiger partial charge is 0.495 e. The van der Waals surface area contributed by atoms with Crippen LogP contribution in [-0.2, 0) is 11.2 Å². The number of amides is 1. The number of nitrogens with two attached hydrogens (primary N) is 1. The van der Waals surface area contributed by atoms with Crippen molar-refractivity contribution in [3.05, 3.63) is 174 Å². The van der Waals surface area contributed by atoms with Crippen molar-refractivity contribution >= 4 is 87.2 Å². The van der Waals surface area contributed by atoms with Gasteiger partial charge in [-0.15, -0.1) is 0 Å². The van der Waals surface area contributed by atoms with Crippen LogP contribution >= 0.6 is 69.6 Å². The molecule has 6 aromatic rings. The Morgan fingerprint density at radius 3 is 1.66 bits per heavy atom. The number of carboxylic acids is 1. The zero-order valence-electron chi connectivity index (χ0n) is 52.8. The Morgan fingerprint density at radius 1 is 0.645 bits per heavy atom. The number of ether oxygens (including phenoxy) is 5. The molecule has 4 saturated heterocycles. The van der Waals surface area contributed by atoms with E-state index in [4.69, 9.17) is 104 Å². The van der Waals surface area contributed by atoms with E-state index in [9.17, 15) is 19.8 Å². The monoisotopic (exact) mass is 1400 g/mol. The van der Waals surface area contributed by atoms with E-state index in [0.29, 0.717) is 83.9 Å². The zero-order chi connectivity index (χ0) is 65.6. The van der Waals surface area contributed by atoms with Crippen LogP contribution in [-0.4, -0.2) is 164 Å². The van der Waals surface area contributed by atoms with Gasteiger partial charge in [-0.25, -0.2) is 0 Å². The van der Waals surface area contributed by atoms with E-state index in [-0.39, 0.29) is 39.8 Å². The molecule has 1 unspecified atom stereocenters. The predicted molar refractivity (Wildman–Crippen MR) is 376 cm³/mol. The van der Waals surface area contributed by atoms with Gasteiger partial charge in [0, 0.05) is 98.5 Å². The maximum atomic E-state index is 12.3. The summed E-state index contributed by atoms with van der Waals surface area (Å²) in [6, 6.07) is 40.2. The zero-order valence-corrected chi connectivity index (χ0v) is 57.4. The Hall–Kier alpha value is -5.95. The molecule has 2 atom stereocenters. The van der Waals surface area contributed by atoms with Crippen LogP contribution in [0.1, 0.15) is 89.0 Å². The quantitative estimate of drug-likeness (QED) is 0.0297. The Morgan fingerprint density at radius 2 is 1.16 bits per heavy atom. The van der Waals surface area contributed by atoms with Gasteiger partial charge >= 0.3 is 5.97 Å². The van der Waals surface area contributed by atoms with Gasteiger partial charge in [-0.05, 0) is 162 Å². The predicted octanol–water partition coefficient (Wildman–Crippen LogP) is 14.7. The molecule has 6 aromatic carbocycles. The molecular formula is C70H90Cl6N8O9. The fraction of sp³-hybridized carbons (Fsp3) is 0.443. The molecule has 17 nitrogen and oxygen atoms in total. The highest BCUT2D eigenvalue weighted by Gasteiger charge is 2.41. The van der Waals surface area contributed by atoms with Gasteiger partial charge in [0.15, 0.2) is 0 Å². The van der Waals surface area contributed by atoms with Crippen molar-refractivity contribution in [3.63, 3.8) is 0 Å². The molecule has 0 aliphatic carbocycles. The van der Waals surface area contributed by atoms with Gasteiger partial charge in [0.1, 0.15) is 52.6 Å². The standard InChI is InChI=1S/C27H34Cl2N2O3.C22H27Cl2N3O4.C21H22Cl2N2O2.H3N.2H2/c1-27(26(32)33,18-20-5-3-2-4-6-20)31-15-9-21(10-16-31)19-30-13-11-22(12-14-30)34-23-7-8-24(28)25(29)17-23;1-30-21-10-14(2-5-20(21)25)22(29)26-12-15(28)13-27-8-6-16(7-9-27)31-17-3-4-18(23)19(24)11-17;22-20-6-5-19(14-21(20)23)27-17-7-10-25(11-8-17)9-2-12-26-18-4-1-3-16(13-18)15-24;;;/h2-8,17,21-22H,9-16,18-19H2,1H3,(H,32,33);2-5,10-11,15-16,28H,6-9,12-13,25H2,1H3,(H,26,29);1,3-6,13-14,17H,2,7-12H2;1H3;2*1H/t27-;;;;;/m0...../s1. The number of carbonyl (C=O) groups excluding carboxylic acids is 1. The van der Waals surface area contributed by atoms with E-state index in [1.165, 1.54) is 7.11 Å². The summed E-state index contributed by atoms with van der Waals surface area (Å²) in [5, 5.41) is 35.2. The number of aliphatic hydroxyl groups is 1. The average Bonchev–Trinajstić information content (AvgIpc) is 0.827. The van der Waals surface area contributed by atoms with Crippen LogP contribution in [0.4, 0.5) is 5.69 Å². The highest BCUT2D eigenvalue weighted by atomic mass is 35.5. The van der Waals surface area contributed by atoms with Crippen molar-refractivity contribution in [1.82, 2.24) is 31.1 Å². The number of rotatable bonds is 23. The van der Waals surface area contributed by atoms with E-state index in [1.807, 2.05) is 67.6 Å². The number of nitrogen functional groups attached to an aromatic ring is 1. The van der Waals surface area contributed by atoms with Gasteiger partial charge in [-0.1, -0.05) is 106 Å². The first-order chi connectivity index (χ1) is 44.3. The second-order valence-corrected chi connectivity index (χ2v) is 26.4. The van der Waals surface area contributed by atoms with Crippen molar-refractivity contribution in [2.24, 2.45) is 5.92 Å². The summed E-state index contributed by atoms with van der Waals surface area (Å²) in [5.74, 6) is 3.04. The molecule has 4 aliphatic heterocycles. The molecule has 0 aromatic heterocycles. The van der Waals surface area contributed by atoms with Gasteiger partial charge in [0.25, 0.3) is 5.91 Å². The number of anilines is 1. The Kier molecular flexibility index (Phi) is 29.9. The lowest BCUT2D eigenvalue weighted by Crippen LogP contribution is -2.57. The molecule has 1 amide bonds. The van der Waals surface area contributed by atoms with Crippen LogP contribution in [0.2, 0.25) is 30.1 Å². The first-order valence-corrected chi connectivity index (χ1v) is 33.7. The number of piperidine rings is 4. The van der Waals surface area contributed by atoms with Gasteiger partial charge in [0.05, 0.1) is 67.3 Å². The number of nitrogens with zero attached hydrogens (tertiary/aromatic N) is 5. The molecule has 23 heteroatoms. The molecule has 4 fully saturated rings. The Labute approximate surface area is 580 Å². The first kappa shape index (κ1) is 74.4. The van der Waals surface area contributed by atoms with Crippen molar-refractivity contribution < 1.29 is 46.3 Å². The number of likely N-dealkylation sites (tertiary alicyclic amines) is 4. The number of hydrogen-bond acceptors (Lipinski definition) is 15. The van der Waals surface area contributed by atoms with Crippen LogP contribution in [0.25, 0.3) is 0 Å². The number of aliphatic carboxylic acids is 1. The minimum Gasteiger partial charge on any atom is -0.495 e. The van der Waals surface area contributed by atoms with Crippen molar-refractivity contribution in [2.75, 3.05) is 98.0 Å². The van der Waals surface area contributed by atoms with Crippen LogP contribution < -0.4 is 40.9 Å². The summed E-state index contributed by atoms with van der Waals surface area (Å²) >= 11 is 36.0. The molecule has 506 valence electrons. The number of carboxylic acid groups (broad SMARTS) is 1. The third kappa shape index (κ3) is 23.4. The number of carbonyl (C=O) groups is 2. The Balaban J connectivity index is 0.000000256. The van der Waals surface area contributed by atoms with Gasteiger partial charge in [-0.3, -0.25) is 14.5 Å². The maximum absolute atomic E-state index is 12.3. The normalized spacial score (nSPS) is 17.3. The Bertz CT molecular complexity index is 3370. The minimum atomic E-state index is -0.868. The van der Waals surface area contributed by atoms with E-state index in [0.717, 1.165) is 146 Å². The summed E-state index contributed by atoms with van der Waals surface area (Å²) in [5.41, 5.74) is 7.49. The molecule has 4 heterocycles. The van der Waals surface area contributed by atoms with Crippen molar-refractivity contribution in [3.8, 4) is 34.8 Å². The number of halogens is 6. The number of hydrogen-bond donors (Lipinski definition) is 5. The number of aliphatic hydroxyl groups excluding tert-OH is 1. The molecule has 93 heavy (non-hydrogen) atoms. The van der Waals surface area contributed by atoms with Crippen molar-refractivity contribution in [1.29, 1.82) is 5.26 Å². The van der Waals surface area contributed by atoms with Gasteiger partial charge < -0.3 is 65.8 Å². The molecule has 0 radical (unpaired) electrons. The fourth-order valence-electron chi connectivity index (χ4n) is 11.8. The highest BCUT2D eigenvalue weighted by Crippen LogP contribution is 2.33. The molecular weight excluding hydrogens is 1310 g/mol. The fourth-order valence-corrected chi connectivity index (χ4v) is 12.7. The third-order valence-corrected chi connectivity index (χ3v) is 19.4. The van der Waals surface area contributed by atoms with Gasteiger partial charge in [-0.2, -0.15) is 5.26 Å². The molecule has 0 bridgehead atoms. The number of benzene rings is 6. The summed E-state index contributed by atoms with van der Waals surface area (Å²) in [6.45, 7) is 12.6. The lowest BCUT2D eigenvalue weighted by atomic mass is 9.86. The maximum Gasteiger partial charge on any atom is 0.324 e. The molecule has 8 N–H and O–H groups in total. The van der Waals surface area contributed by atoms with E-state index >= 15 is 0 Å².